The van der Waals surface area contributed by atoms with E-state index in [0.29, 0.717) is 0 Å². The second-order valence-corrected chi connectivity index (χ2v) is 3.84. The predicted molar refractivity (Wildman–Crippen MR) is 68.8 cm³/mol. The van der Waals surface area contributed by atoms with Crippen LogP contribution in [0.3, 0.4) is 0 Å². The van der Waals surface area contributed by atoms with Crippen molar-refractivity contribution in [1.29, 1.82) is 0 Å². The average Bonchev–Trinajstić information content (AvgIpc) is 2.39. The van der Waals surface area contributed by atoms with Gasteiger partial charge in [-0.2, -0.15) is 0 Å². The third kappa shape index (κ3) is 2.25. The molecule has 0 bridgehead atoms. The summed E-state index contributed by atoms with van der Waals surface area (Å²) < 4.78 is 5.29. The van der Waals surface area contributed by atoms with Gasteiger partial charge in [0.15, 0.2) is 0 Å². The molecule has 0 aromatic heterocycles. The number of methoxy groups -OCH3 is 1. The highest BCUT2D eigenvalue weighted by molar-refractivity contribution is 5.75. The highest BCUT2D eigenvalue weighted by Crippen LogP contribution is 2.25. The molecule has 0 saturated carbocycles. The van der Waals surface area contributed by atoms with Crippen LogP contribution in [-0.2, 0) is 4.74 Å². The van der Waals surface area contributed by atoms with Crippen molar-refractivity contribution in [2.24, 2.45) is 0 Å². The lowest BCUT2D eigenvalue weighted by Crippen LogP contribution is -1.94. The molecule has 0 radical (unpaired) electrons. The predicted octanol–water partition coefficient (Wildman–Crippen LogP) is 4.04. The Morgan fingerprint density at radius 2 is 2.00 bits per heavy atom. The van der Waals surface area contributed by atoms with E-state index in [2.05, 4.69) is 43.0 Å². The Morgan fingerprint density at radius 3 is 2.62 bits per heavy atom. The van der Waals surface area contributed by atoms with E-state index >= 15 is 0 Å². The Balaban J connectivity index is 2.27. The second kappa shape index (κ2) is 4.84. The zero-order valence-electron chi connectivity index (χ0n) is 9.57. The van der Waals surface area contributed by atoms with Gasteiger partial charge in [0.25, 0.3) is 0 Å². The summed E-state index contributed by atoms with van der Waals surface area (Å²) in [5.74, 6) is 1.06. The minimum atomic E-state index is 1.00. The van der Waals surface area contributed by atoms with E-state index in [1.54, 1.807) is 7.11 Å². The molecule has 82 valence electrons. The van der Waals surface area contributed by atoms with Crippen molar-refractivity contribution in [2.75, 3.05) is 7.11 Å². The number of ether oxygens (including phenoxy) is 1. The fourth-order valence-electron chi connectivity index (χ4n) is 1.85. The molecule has 1 nitrogen and oxygen atoms in total. The molecule has 1 aliphatic carbocycles. The Labute approximate surface area is 96.8 Å². The third-order valence-electron chi connectivity index (χ3n) is 2.81. The number of rotatable bonds is 3. The zero-order valence-corrected chi connectivity index (χ0v) is 9.57. The third-order valence-corrected chi connectivity index (χ3v) is 2.81. The van der Waals surface area contributed by atoms with Crippen LogP contribution >= 0.6 is 0 Å². The molecule has 0 aliphatic heterocycles. The maximum Gasteiger partial charge on any atom is 0.0964 e. The standard InChI is InChI=1S/C15H16O/c1-3-12-7-9-13(10-8-12)14-5-4-6-15(11-14)16-2/h3,5,7-11H,1,4,6H2,2H3. The molecule has 1 aromatic carbocycles. The minimum absolute atomic E-state index is 1.00. The van der Waals surface area contributed by atoms with Gasteiger partial charge in [0.1, 0.15) is 0 Å². The van der Waals surface area contributed by atoms with Gasteiger partial charge in [-0.1, -0.05) is 43.0 Å². The molecular formula is C15H16O. The summed E-state index contributed by atoms with van der Waals surface area (Å²) in [6, 6.07) is 8.41. The van der Waals surface area contributed by atoms with Gasteiger partial charge < -0.3 is 4.74 Å². The van der Waals surface area contributed by atoms with Gasteiger partial charge in [0.05, 0.1) is 12.9 Å². The van der Waals surface area contributed by atoms with E-state index in [1.807, 2.05) is 6.08 Å². The van der Waals surface area contributed by atoms with Crippen molar-refractivity contribution in [1.82, 2.24) is 0 Å². The van der Waals surface area contributed by atoms with Gasteiger partial charge >= 0.3 is 0 Å². The fraction of sp³-hybridized carbons (Fsp3) is 0.200. The molecule has 0 saturated heterocycles. The first-order valence-electron chi connectivity index (χ1n) is 5.51. The van der Waals surface area contributed by atoms with Crippen LogP contribution < -0.4 is 0 Å². The molecule has 0 spiro atoms. The monoisotopic (exact) mass is 212 g/mol. The first-order valence-corrected chi connectivity index (χ1v) is 5.51. The number of hydrogen-bond donors (Lipinski definition) is 0. The van der Waals surface area contributed by atoms with Crippen LogP contribution in [0.25, 0.3) is 11.6 Å². The highest BCUT2D eigenvalue weighted by atomic mass is 16.5. The Morgan fingerprint density at radius 1 is 1.25 bits per heavy atom. The summed E-state index contributed by atoms with van der Waals surface area (Å²) >= 11 is 0. The normalized spacial score (nSPS) is 15.1. The van der Waals surface area contributed by atoms with Gasteiger partial charge in [0.2, 0.25) is 0 Å². The molecule has 16 heavy (non-hydrogen) atoms. The van der Waals surface area contributed by atoms with Crippen LogP contribution in [0.5, 0.6) is 0 Å². The summed E-state index contributed by atoms with van der Waals surface area (Å²) in [6.45, 7) is 3.75. The van der Waals surface area contributed by atoms with Crippen molar-refractivity contribution in [2.45, 2.75) is 12.8 Å². The van der Waals surface area contributed by atoms with Crippen LogP contribution in [-0.4, -0.2) is 7.11 Å². The summed E-state index contributed by atoms with van der Waals surface area (Å²) in [6.07, 6.45) is 8.29. The number of hydrogen-bond acceptors (Lipinski definition) is 1. The summed E-state index contributed by atoms with van der Waals surface area (Å²) in [5, 5.41) is 0. The molecule has 1 aliphatic rings. The van der Waals surface area contributed by atoms with E-state index in [1.165, 1.54) is 11.1 Å². The molecule has 0 N–H and O–H groups in total. The SMILES string of the molecule is C=Cc1ccc(C2=CCCC(OC)=C2)cc1. The Bertz CT molecular complexity index is 435. The molecule has 0 unspecified atom stereocenters. The zero-order chi connectivity index (χ0) is 11.4. The van der Waals surface area contributed by atoms with Crippen molar-refractivity contribution in [3.05, 3.63) is 59.9 Å². The maximum atomic E-state index is 5.29. The summed E-state index contributed by atoms with van der Waals surface area (Å²) in [4.78, 5) is 0. The van der Waals surface area contributed by atoms with Crippen molar-refractivity contribution < 1.29 is 4.74 Å². The Hall–Kier alpha value is -1.76. The molecule has 0 heterocycles. The van der Waals surface area contributed by atoms with Crippen molar-refractivity contribution in [3.8, 4) is 0 Å². The maximum absolute atomic E-state index is 5.29. The smallest absolute Gasteiger partial charge is 0.0964 e. The lowest BCUT2D eigenvalue weighted by atomic mass is 9.98. The van der Waals surface area contributed by atoms with Gasteiger partial charge in [0, 0.05) is 6.42 Å². The largest absolute Gasteiger partial charge is 0.501 e. The molecule has 1 heteroatoms. The molecule has 2 rings (SSSR count). The van der Waals surface area contributed by atoms with Crippen molar-refractivity contribution in [3.63, 3.8) is 0 Å². The van der Waals surface area contributed by atoms with Crippen LogP contribution in [0.15, 0.2) is 48.8 Å². The highest BCUT2D eigenvalue weighted by Gasteiger charge is 2.06. The molecular weight excluding hydrogens is 196 g/mol. The van der Waals surface area contributed by atoms with Gasteiger partial charge in [-0.25, -0.2) is 0 Å². The van der Waals surface area contributed by atoms with Crippen LogP contribution in [0.2, 0.25) is 0 Å². The summed E-state index contributed by atoms with van der Waals surface area (Å²) in [5.41, 5.74) is 3.63. The Kier molecular flexibility index (Phi) is 3.25. The number of benzene rings is 1. The van der Waals surface area contributed by atoms with Gasteiger partial charge in [-0.15, -0.1) is 0 Å². The first kappa shape index (κ1) is 10.7. The summed E-state index contributed by atoms with van der Waals surface area (Å²) in [7, 11) is 1.73. The van der Waals surface area contributed by atoms with Gasteiger partial charge in [-0.05, 0) is 29.2 Å². The van der Waals surface area contributed by atoms with E-state index in [-0.39, 0.29) is 0 Å². The molecule has 0 fully saturated rings. The van der Waals surface area contributed by atoms with E-state index in [0.717, 1.165) is 24.2 Å². The lowest BCUT2D eigenvalue weighted by molar-refractivity contribution is 0.277. The second-order valence-electron chi connectivity index (χ2n) is 3.84. The van der Waals surface area contributed by atoms with E-state index < -0.39 is 0 Å². The fourth-order valence-corrected chi connectivity index (χ4v) is 1.85. The quantitative estimate of drug-likeness (QED) is 0.734. The average molecular weight is 212 g/mol. The van der Waals surface area contributed by atoms with Crippen LogP contribution in [0, 0.1) is 0 Å². The van der Waals surface area contributed by atoms with E-state index in [9.17, 15) is 0 Å². The molecule has 0 amide bonds. The lowest BCUT2D eigenvalue weighted by Gasteiger charge is -2.13. The molecule has 1 aromatic rings. The molecule has 0 atom stereocenters. The first-order chi connectivity index (χ1) is 7.83. The number of allylic oxidation sites excluding steroid dienone is 4. The van der Waals surface area contributed by atoms with E-state index in [4.69, 9.17) is 4.74 Å². The van der Waals surface area contributed by atoms with Crippen LogP contribution in [0.1, 0.15) is 24.0 Å². The van der Waals surface area contributed by atoms with Crippen molar-refractivity contribution >= 4 is 11.6 Å². The topological polar surface area (TPSA) is 9.23 Å². The van der Waals surface area contributed by atoms with Crippen LogP contribution in [0.4, 0.5) is 0 Å². The van der Waals surface area contributed by atoms with Gasteiger partial charge in [-0.3, -0.25) is 0 Å². The minimum Gasteiger partial charge on any atom is -0.501 e.